The van der Waals surface area contributed by atoms with Gasteiger partial charge in [-0.3, -0.25) is 9.78 Å². The summed E-state index contributed by atoms with van der Waals surface area (Å²) < 4.78 is 75.3. The number of carbonyl (C=O) groups excluding carboxylic acids is 1. The van der Waals surface area contributed by atoms with Crippen LogP contribution in [-0.2, 0) is 26.4 Å². The Hall–Kier alpha value is -3.92. The highest BCUT2D eigenvalue weighted by molar-refractivity contribution is 7.90. The predicted octanol–water partition coefficient (Wildman–Crippen LogP) is 5.81. The molecule has 0 spiro atoms. The monoisotopic (exact) mass is 554 g/mol. The zero-order valence-electron chi connectivity index (χ0n) is 21.3. The number of pyridine rings is 1. The summed E-state index contributed by atoms with van der Waals surface area (Å²) in [7, 11) is -2.96. The summed E-state index contributed by atoms with van der Waals surface area (Å²) in [6, 6.07) is 17.8. The largest absolute Gasteiger partial charge is 0.496 e. The highest BCUT2D eigenvalue weighted by atomic mass is 32.2. The molecule has 10 heteroatoms. The lowest BCUT2D eigenvalue weighted by molar-refractivity contribution is -0.137. The molecule has 5 rings (SSSR count). The maximum absolute atomic E-state index is 14.0. The topological polar surface area (TPSA) is 85.4 Å². The fraction of sp³-hybridized carbons (Fsp3) is 0.241. The van der Waals surface area contributed by atoms with Crippen molar-refractivity contribution in [3.05, 3.63) is 101 Å². The van der Waals surface area contributed by atoms with Crippen molar-refractivity contribution in [3.63, 3.8) is 0 Å². The van der Waals surface area contributed by atoms with Crippen LogP contribution in [0.15, 0.2) is 77.7 Å². The van der Waals surface area contributed by atoms with E-state index in [4.69, 9.17) is 4.74 Å². The third-order valence-corrected chi connectivity index (χ3v) is 8.55. The Balaban J connectivity index is 1.60. The number of hydrogen-bond donors (Lipinski definition) is 1. The molecule has 1 saturated carbocycles. The normalized spacial score (nSPS) is 19.1. The molecule has 1 heterocycles. The molecule has 39 heavy (non-hydrogen) atoms. The van der Waals surface area contributed by atoms with Crippen molar-refractivity contribution in [2.75, 3.05) is 7.11 Å². The number of halogens is 3. The molecule has 1 fully saturated rings. The van der Waals surface area contributed by atoms with Crippen LogP contribution in [0.25, 0.3) is 10.9 Å². The second-order valence-electron chi connectivity index (χ2n) is 9.77. The molecule has 1 aliphatic rings. The van der Waals surface area contributed by atoms with Gasteiger partial charge in [0.05, 0.1) is 28.5 Å². The van der Waals surface area contributed by atoms with Crippen LogP contribution in [0.2, 0.25) is 0 Å². The third-order valence-electron chi connectivity index (χ3n) is 7.17. The van der Waals surface area contributed by atoms with Crippen LogP contribution < -0.4 is 9.46 Å². The Morgan fingerprint density at radius 3 is 2.49 bits per heavy atom. The molecule has 3 aromatic carbocycles. The minimum atomic E-state index is -4.57. The number of aromatic nitrogens is 1. The summed E-state index contributed by atoms with van der Waals surface area (Å²) in [6.07, 6.45) is -4.47. The quantitative estimate of drug-likeness (QED) is 0.325. The minimum absolute atomic E-state index is 0.103. The zero-order valence-corrected chi connectivity index (χ0v) is 22.2. The molecule has 4 aromatic rings. The van der Waals surface area contributed by atoms with Gasteiger partial charge in [0.1, 0.15) is 5.75 Å². The molecule has 0 unspecified atom stereocenters. The summed E-state index contributed by atoms with van der Waals surface area (Å²) in [4.78, 5) is 18.2. The molecule has 0 radical (unpaired) electrons. The van der Waals surface area contributed by atoms with Crippen LogP contribution in [0.4, 0.5) is 13.2 Å². The molecule has 0 aliphatic heterocycles. The number of methoxy groups -OCH3 is 1. The first-order chi connectivity index (χ1) is 18.4. The average Bonchev–Trinajstić information content (AvgIpc) is 3.64. The van der Waals surface area contributed by atoms with Crippen molar-refractivity contribution in [1.82, 2.24) is 9.71 Å². The van der Waals surface area contributed by atoms with Crippen molar-refractivity contribution in [2.24, 2.45) is 0 Å². The Kier molecular flexibility index (Phi) is 6.41. The number of alkyl halides is 3. The lowest BCUT2D eigenvalue weighted by Crippen LogP contribution is -2.40. The Morgan fingerprint density at radius 1 is 1.03 bits per heavy atom. The van der Waals surface area contributed by atoms with E-state index >= 15 is 0 Å². The Bertz CT molecular complexity index is 1720. The standard InChI is InChI=1S/C29H25F3N2O4S/c1-17-10-13-25(38-3)22(14-17)28(16-23(28)19-6-4-7-20(15-19)29(30,31)32)27(35)34-39(36,37)26-9-5-8-24-21(26)12-11-18(2)33-24/h4-15,23H,16H2,1-3H3,(H,34,35)/t23-,28-/m1/s1. The lowest BCUT2D eigenvalue weighted by atomic mass is 9.88. The maximum atomic E-state index is 14.0. The van der Waals surface area contributed by atoms with Crippen LogP contribution >= 0.6 is 0 Å². The van der Waals surface area contributed by atoms with Crippen LogP contribution in [0.1, 0.15) is 40.3 Å². The predicted molar refractivity (Wildman–Crippen MR) is 140 cm³/mol. The van der Waals surface area contributed by atoms with Gasteiger partial charge in [-0.05, 0) is 62.2 Å². The summed E-state index contributed by atoms with van der Waals surface area (Å²) in [5, 5.41) is 0.343. The van der Waals surface area contributed by atoms with Gasteiger partial charge >= 0.3 is 6.18 Å². The number of nitrogens with one attached hydrogen (secondary N) is 1. The number of benzene rings is 3. The second-order valence-corrected chi connectivity index (χ2v) is 11.4. The van der Waals surface area contributed by atoms with E-state index in [-0.39, 0.29) is 16.9 Å². The van der Waals surface area contributed by atoms with Gasteiger partial charge in [0.2, 0.25) is 5.91 Å². The maximum Gasteiger partial charge on any atom is 0.416 e. The van der Waals surface area contributed by atoms with E-state index < -0.39 is 39.0 Å². The number of ether oxygens (including phenoxy) is 1. The highest BCUT2D eigenvalue weighted by Gasteiger charge is 2.63. The number of aryl methyl sites for hydroxylation is 2. The Morgan fingerprint density at radius 2 is 1.77 bits per heavy atom. The molecule has 6 nitrogen and oxygen atoms in total. The van der Waals surface area contributed by atoms with E-state index in [1.807, 2.05) is 0 Å². The first kappa shape index (κ1) is 26.7. The molecule has 2 atom stereocenters. The molecule has 1 aliphatic carbocycles. The number of sulfonamides is 1. The SMILES string of the molecule is COc1ccc(C)cc1[C@]1(C(=O)NS(=O)(=O)c2cccc3nc(C)ccc23)C[C@@H]1c1cccc(C(F)(F)F)c1. The smallest absolute Gasteiger partial charge is 0.416 e. The molecular weight excluding hydrogens is 529 g/mol. The van der Waals surface area contributed by atoms with Gasteiger partial charge < -0.3 is 4.74 Å². The van der Waals surface area contributed by atoms with Crippen molar-refractivity contribution < 1.29 is 31.1 Å². The number of hydrogen-bond acceptors (Lipinski definition) is 5. The zero-order chi connectivity index (χ0) is 28.2. The number of fused-ring (bicyclic) bond motifs is 1. The first-order valence-electron chi connectivity index (χ1n) is 12.1. The number of carbonyl (C=O) groups is 1. The van der Waals surface area contributed by atoms with E-state index in [1.54, 1.807) is 50.2 Å². The van der Waals surface area contributed by atoms with Crippen molar-refractivity contribution in [1.29, 1.82) is 0 Å². The van der Waals surface area contributed by atoms with Crippen LogP contribution in [0.3, 0.4) is 0 Å². The molecule has 0 saturated heterocycles. The van der Waals surface area contributed by atoms with E-state index in [2.05, 4.69) is 9.71 Å². The molecular formula is C29H25F3N2O4S. The van der Waals surface area contributed by atoms with Crippen LogP contribution in [-0.4, -0.2) is 26.4 Å². The van der Waals surface area contributed by atoms with E-state index in [1.165, 1.54) is 31.4 Å². The van der Waals surface area contributed by atoms with Gasteiger partial charge in [-0.1, -0.05) is 42.0 Å². The van der Waals surface area contributed by atoms with Gasteiger partial charge in [0, 0.05) is 22.6 Å². The van der Waals surface area contributed by atoms with E-state index in [0.717, 1.165) is 17.7 Å². The van der Waals surface area contributed by atoms with Crippen molar-refractivity contribution in [2.45, 2.75) is 42.7 Å². The van der Waals surface area contributed by atoms with E-state index in [9.17, 15) is 26.4 Å². The third kappa shape index (κ3) is 4.73. The summed E-state index contributed by atoms with van der Waals surface area (Å²) in [6.45, 7) is 3.58. The molecule has 1 aromatic heterocycles. The molecule has 1 amide bonds. The lowest BCUT2D eigenvalue weighted by Gasteiger charge is -2.22. The Labute approximate surface area is 223 Å². The number of nitrogens with zero attached hydrogens (tertiary/aromatic N) is 1. The molecule has 1 N–H and O–H groups in total. The second kappa shape index (κ2) is 9.37. The van der Waals surface area contributed by atoms with Gasteiger partial charge in [-0.15, -0.1) is 0 Å². The van der Waals surface area contributed by atoms with Gasteiger partial charge in [-0.2, -0.15) is 13.2 Å². The highest BCUT2D eigenvalue weighted by Crippen LogP contribution is 2.63. The number of rotatable bonds is 6. The molecule has 202 valence electrons. The van der Waals surface area contributed by atoms with Gasteiger partial charge in [0.25, 0.3) is 10.0 Å². The molecule has 0 bridgehead atoms. The number of amides is 1. The summed E-state index contributed by atoms with van der Waals surface area (Å²) >= 11 is 0. The minimum Gasteiger partial charge on any atom is -0.496 e. The fourth-order valence-corrected chi connectivity index (χ4v) is 6.43. The van der Waals surface area contributed by atoms with Crippen molar-refractivity contribution in [3.8, 4) is 5.75 Å². The van der Waals surface area contributed by atoms with Crippen LogP contribution in [0.5, 0.6) is 5.75 Å². The fourth-order valence-electron chi connectivity index (χ4n) is 5.17. The van der Waals surface area contributed by atoms with Gasteiger partial charge in [-0.25, -0.2) is 13.1 Å². The van der Waals surface area contributed by atoms with Gasteiger partial charge in [0.15, 0.2) is 0 Å². The summed E-state index contributed by atoms with van der Waals surface area (Å²) in [5.41, 5.74) is 0.325. The van der Waals surface area contributed by atoms with Crippen molar-refractivity contribution >= 4 is 26.8 Å². The van der Waals surface area contributed by atoms with E-state index in [0.29, 0.717) is 27.9 Å². The average molecular weight is 555 g/mol. The summed E-state index contributed by atoms with van der Waals surface area (Å²) in [5.74, 6) is -1.21. The first-order valence-corrected chi connectivity index (χ1v) is 13.6. The van der Waals surface area contributed by atoms with Crippen LogP contribution in [0, 0.1) is 13.8 Å².